The van der Waals surface area contributed by atoms with Gasteiger partial charge in [0.25, 0.3) is 5.91 Å². The van der Waals surface area contributed by atoms with Gasteiger partial charge in [-0.25, -0.2) is 4.39 Å². The van der Waals surface area contributed by atoms with Crippen molar-refractivity contribution in [3.63, 3.8) is 0 Å². The fourth-order valence-electron chi connectivity index (χ4n) is 2.18. The van der Waals surface area contributed by atoms with Gasteiger partial charge in [-0.15, -0.1) is 0 Å². The topological polar surface area (TPSA) is 66.5 Å². The van der Waals surface area contributed by atoms with Gasteiger partial charge in [-0.3, -0.25) is 4.79 Å². The van der Waals surface area contributed by atoms with Crippen LogP contribution < -0.4 is 9.47 Å². The molecule has 0 radical (unpaired) electrons. The summed E-state index contributed by atoms with van der Waals surface area (Å²) in [6.07, 6.45) is 2.76. The van der Waals surface area contributed by atoms with Crippen LogP contribution in [0.25, 0.3) is 0 Å². The highest BCUT2D eigenvalue weighted by atomic mass is 19.1. The Labute approximate surface area is 133 Å². The Morgan fingerprint density at radius 1 is 1.48 bits per heavy atom. The van der Waals surface area contributed by atoms with Gasteiger partial charge in [0.15, 0.2) is 0 Å². The number of halogens is 1. The predicted octanol–water partition coefficient (Wildman–Crippen LogP) is 2.41. The van der Waals surface area contributed by atoms with Crippen molar-refractivity contribution in [2.45, 2.75) is 26.8 Å². The first-order chi connectivity index (χ1) is 10.9. The van der Waals surface area contributed by atoms with Gasteiger partial charge in [-0.1, -0.05) is 0 Å². The highest BCUT2D eigenvalue weighted by Gasteiger charge is 2.24. The largest absolute Gasteiger partial charge is 0.543 e. The minimum absolute atomic E-state index is 0.0405. The van der Waals surface area contributed by atoms with Crippen molar-refractivity contribution in [1.29, 1.82) is 0 Å². The maximum atomic E-state index is 13.6. The Kier molecular flexibility index (Phi) is 5.10. The van der Waals surface area contributed by atoms with Gasteiger partial charge >= 0.3 is 6.01 Å². The van der Waals surface area contributed by atoms with Crippen LogP contribution in [0.5, 0.6) is 11.8 Å². The first-order valence-electron chi connectivity index (χ1n) is 7.28. The number of hydrogen-bond acceptors (Lipinski definition) is 4. The van der Waals surface area contributed by atoms with E-state index in [-0.39, 0.29) is 29.3 Å². The molecule has 7 heteroatoms. The van der Waals surface area contributed by atoms with Gasteiger partial charge in [-0.2, -0.15) is 0 Å². The molecule has 1 heterocycles. The van der Waals surface area contributed by atoms with E-state index < -0.39 is 5.82 Å². The second-order valence-electron chi connectivity index (χ2n) is 5.17. The molecule has 23 heavy (non-hydrogen) atoms. The number of carbonyl (C=O) groups is 1. The molecule has 0 saturated carbocycles. The zero-order valence-corrected chi connectivity index (χ0v) is 13.2. The summed E-state index contributed by atoms with van der Waals surface area (Å²) >= 11 is 0. The van der Waals surface area contributed by atoms with Crippen LogP contribution >= 0.6 is 0 Å². The third-order valence-electron chi connectivity index (χ3n) is 3.29. The summed E-state index contributed by atoms with van der Waals surface area (Å²) in [4.78, 5) is 18.1. The van der Waals surface area contributed by atoms with Crippen LogP contribution in [0.3, 0.4) is 0 Å². The summed E-state index contributed by atoms with van der Waals surface area (Å²) < 4.78 is 19.8. The third-order valence-corrected chi connectivity index (χ3v) is 3.29. The smallest absolute Gasteiger partial charge is 0.385 e. The van der Waals surface area contributed by atoms with E-state index in [9.17, 15) is 14.4 Å². The van der Waals surface area contributed by atoms with Crippen LogP contribution in [0.15, 0.2) is 36.7 Å². The Balaban J connectivity index is 2.42. The maximum absolute atomic E-state index is 13.6. The molecule has 6 nitrogen and oxygen atoms in total. The van der Waals surface area contributed by atoms with Gasteiger partial charge in [-0.05, 0) is 48.7 Å². The van der Waals surface area contributed by atoms with E-state index in [4.69, 9.17) is 4.74 Å². The van der Waals surface area contributed by atoms with E-state index in [0.717, 1.165) is 6.07 Å². The second-order valence-corrected chi connectivity index (χ2v) is 5.17. The minimum atomic E-state index is -0.543. The van der Waals surface area contributed by atoms with Crippen molar-refractivity contribution in [1.82, 2.24) is 9.88 Å². The van der Waals surface area contributed by atoms with E-state index in [0.29, 0.717) is 11.3 Å². The molecule has 0 saturated heterocycles. The van der Waals surface area contributed by atoms with Crippen LogP contribution in [-0.2, 0) is 0 Å². The Morgan fingerprint density at radius 3 is 2.83 bits per heavy atom. The quantitative estimate of drug-likeness (QED) is 0.678. The highest BCUT2D eigenvalue weighted by molar-refractivity contribution is 5.97. The zero-order chi connectivity index (χ0) is 17.0. The number of rotatable bonds is 5. The number of carbonyl (C=O) groups excluding carboxylic acids is 1. The monoisotopic (exact) mass is 320 g/mol. The molecule has 0 unspecified atom stereocenters. The van der Waals surface area contributed by atoms with Crippen molar-refractivity contribution in [2.24, 2.45) is 0 Å². The van der Waals surface area contributed by atoms with Gasteiger partial charge in [0.1, 0.15) is 24.0 Å². The molecular weight excluding hydrogens is 301 g/mol. The molecule has 1 aromatic carbocycles. The van der Waals surface area contributed by atoms with Crippen LogP contribution in [-0.4, -0.2) is 33.6 Å². The fourth-order valence-corrected chi connectivity index (χ4v) is 2.18. The fraction of sp³-hybridized carbons (Fsp3) is 0.312. The standard InChI is InChI=1S/C16H19FN3O3/c1-4-19(11(2)3)15(21)13-10-12(17)6-7-14(13)23-16-18-8-5-9-20(16)22/h5-11,22H,4H2,1-3H3/q+1. The van der Waals surface area contributed by atoms with Crippen LogP contribution in [0.1, 0.15) is 31.1 Å². The molecule has 2 rings (SSSR count). The summed E-state index contributed by atoms with van der Waals surface area (Å²) in [5.74, 6) is -0.771. The number of ether oxygens (including phenoxy) is 1. The van der Waals surface area contributed by atoms with Gasteiger partial charge in [0.05, 0.1) is 5.56 Å². The molecule has 0 fully saturated rings. The first kappa shape index (κ1) is 16.7. The molecule has 0 spiro atoms. The third kappa shape index (κ3) is 3.74. The van der Waals surface area contributed by atoms with Gasteiger partial charge in [0, 0.05) is 18.7 Å². The lowest BCUT2D eigenvalue weighted by Crippen LogP contribution is -2.37. The molecule has 122 valence electrons. The lowest BCUT2D eigenvalue weighted by molar-refractivity contribution is -0.907. The summed E-state index contributed by atoms with van der Waals surface area (Å²) in [6, 6.07) is 4.99. The molecule has 0 atom stereocenters. The molecule has 1 aromatic heterocycles. The van der Waals surface area contributed by atoms with E-state index in [1.807, 2.05) is 20.8 Å². The molecule has 0 bridgehead atoms. The average Bonchev–Trinajstić information content (AvgIpc) is 2.51. The van der Waals surface area contributed by atoms with Gasteiger partial charge in [0.2, 0.25) is 0 Å². The minimum Gasteiger partial charge on any atom is -0.385 e. The van der Waals surface area contributed by atoms with Crippen molar-refractivity contribution in [2.75, 3.05) is 6.54 Å². The normalized spacial score (nSPS) is 10.7. The Morgan fingerprint density at radius 2 is 2.22 bits per heavy atom. The van der Waals surface area contributed by atoms with E-state index in [1.54, 1.807) is 4.90 Å². The van der Waals surface area contributed by atoms with Crippen molar-refractivity contribution < 1.29 is 23.9 Å². The Hall–Kier alpha value is -2.70. The molecule has 1 N–H and O–H groups in total. The molecular formula is C16H19FN3O3+. The van der Waals surface area contributed by atoms with E-state index >= 15 is 0 Å². The Bertz CT molecular complexity index is 707. The summed E-state index contributed by atoms with van der Waals surface area (Å²) in [5.41, 5.74) is 0.0752. The van der Waals surface area contributed by atoms with Crippen molar-refractivity contribution >= 4 is 5.91 Å². The predicted molar refractivity (Wildman–Crippen MR) is 79.9 cm³/mol. The number of aromatic nitrogens is 2. The summed E-state index contributed by atoms with van der Waals surface area (Å²) in [6.45, 7) is 6.08. The lowest BCUT2D eigenvalue weighted by Gasteiger charge is -2.25. The molecule has 0 aliphatic carbocycles. The maximum Gasteiger partial charge on any atom is 0.543 e. The number of benzene rings is 1. The first-order valence-corrected chi connectivity index (χ1v) is 7.28. The summed E-state index contributed by atoms with van der Waals surface area (Å²) in [5, 5.41) is 9.66. The van der Waals surface area contributed by atoms with Crippen molar-refractivity contribution in [3.05, 3.63) is 48.0 Å². The van der Waals surface area contributed by atoms with Crippen LogP contribution in [0.2, 0.25) is 0 Å². The average molecular weight is 320 g/mol. The zero-order valence-electron chi connectivity index (χ0n) is 13.2. The van der Waals surface area contributed by atoms with E-state index in [2.05, 4.69) is 4.98 Å². The molecule has 2 aromatic rings. The number of amides is 1. The number of hydrogen-bond donors (Lipinski definition) is 1. The van der Waals surface area contributed by atoms with Crippen LogP contribution in [0, 0.1) is 5.82 Å². The molecule has 0 aliphatic rings. The second kappa shape index (κ2) is 7.04. The van der Waals surface area contributed by atoms with E-state index in [1.165, 1.54) is 30.6 Å². The molecule has 0 aliphatic heterocycles. The van der Waals surface area contributed by atoms with Crippen LogP contribution in [0.4, 0.5) is 4.39 Å². The number of nitrogens with zero attached hydrogens (tertiary/aromatic N) is 3. The molecule has 1 amide bonds. The highest BCUT2D eigenvalue weighted by Crippen LogP contribution is 2.25. The van der Waals surface area contributed by atoms with Gasteiger partial charge < -0.3 is 14.8 Å². The summed E-state index contributed by atoms with van der Waals surface area (Å²) in [7, 11) is 0. The SMILES string of the molecule is CCN(C(=O)c1cc(F)ccc1Oc1nccc[n+]1O)C(C)C. The van der Waals surface area contributed by atoms with Crippen molar-refractivity contribution in [3.8, 4) is 11.8 Å². The lowest BCUT2D eigenvalue weighted by atomic mass is 10.1.